The van der Waals surface area contributed by atoms with Gasteiger partial charge in [-0.2, -0.15) is 0 Å². The number of carbonyl (C=O) groups is 1. The van der Waals surface area contributed by atoms with Crippen LogP contribution in [0.25, 0.3) is 0 Å². The first-order chi connectivity index (χ1) is 16.0. The zero-order chi connectivity index (χ0) is 22.9. The molecule has 33 heavy (non-hydrogen) atoms. The van der Waals surface area contributed by atoms with Crippen LogP contribution in [0.15, 0.2) is 36.4 Å². The molecule has 0 aromatic heterocycles. The van der Waals surface area contributed by atoms with Crippen LogP contribution in [0, 0.1) is 12.8 Å². The first-order valence-electron chi connectivity index (χ1n) is 12.0. The van der Waals surface area contributed by atoms with E-state index in [1.807, 2.05) is 17.0 Å². The second-order valence-corrected chi connectivity index (χ2v) is 9.94. The van der Waals surface area contributed by atoms with Crippen molar-refractivity contribution in [3.8, 4) is 0 Å². The number of carbonyl (C=O) groups excluding carboxylic acids is 1. The zero-order valence-corrected chi connectivity index (χ0v) is 20.1. The van der Waals surface area contributed by atoms with E-state index in [4.69, 9.17) is 22.1 Å². The molecule has 1 amide bonds. The minimum Gasteiger partial charge on any atom is -0.399 e. The van der Waals surface area contributed by atoms with E-state index in [-0.39, 0.29) is 6.04 Å². The molecule has 2 N–H and O–H groups in total. The van der Waals surface area contributed by atoms with Gasteiger partial charge >= 0.3 is 0 Å². The number of nitrogens with zero attached hydrogens (tertiary/aromatic N) is 3. The van der Waals surface area contributed by atoms with Gasteiger partial charge in [-0.1, -0.05) is 17.7 Å². The number of amides is 1. The summed E-state index contributed by atoms with van der Waals surface area (Å²) in [5, 5.41) is 0.755. The maximum Gasteiger partial charge on any atom is 0.225 e. The molecule has 0 spiro atoms. The van der Waals surface area contributed by atoms with E-state index in [0.717, 1.165) is 91.8 Å². The number of piperazine rings is 1. The lowest BCUT2D eigenvalue weighted by Gasteiger charge is -2.37. The molecule has 7 heteroatoms. The van der Waals surface area contributed by atoms with Gasteiger partial charge in [0.1, 0.15) is 0 Å². The van der Waals surface area contributed by atoms with Gasteiger partial charge in [-0.15, -0.1) is 0 Å². The minimum absolute atomic E-state index is 0.0308. The van der Waals surface area contributed by atoms with Gasteiger partial charge in [0.25, 0.3) is 0 Å². The normalized spacial score (nSPS) is 21.8. The number of aryl methyl sites for hydroxylation is 1. The van der Waals surface area contributed by atoms with Gasteiger partial charge in [-0.05, 0) is 67.6 Å². The predicted octanol–water partition coefficient (Wildman–Crippen LogP) is 4.26. The Bertz CT molecular complexity index is 997. The Labute approximate surface area is 201 Å². The van der Waals surface area contributed by atoms with Crippen LogP contribution in [0.3, 0.4) is 0 Å². The van der Waals surface area contributed by atoms with Crippen molar-refractivity contribution < 1.29 is 9.53 Å². The summed E-state index contributed by atoms with van der Waals surface area (Å²) in [5.74, 6) is 0.632. The highest BCUT2D eigenvalue weighted by molar-refractivity contribution is 6.31. The largest absolute Gasteiger partial charge is 0.399 e. The van der Waals surface area contributed by atoms with Crippen LogP contribution in [-0.2, 0) is 9.53 Å². The van der Waals surface area contributed by atoms with Gasteiger partial charge < -0.3 is 25.2 Å². The number of hydrogen-bond donors (Lipinski definition) is 1. The van der Waals surface area contributed by atoms with Crippen molar-refractivity contribution in [3.05, 3.63) is 52.5 Å². The van der Waals surface area contributed by atoms with Gasteiger partial charge in [-0.3, -0.25) is 4.79 Å². The highest BCUT2D eigenvalue weighted by atomic mass is 35.5. The second kappa shape index (κ2) is 9.43. The van der Waals surface area contributed by atoms with Crippen molar-refractivity contribution in [1.82, 2.24) is 4.90 Å². The summed E-state index contributed by atoms with van der Waals surface area (Å²) in [4.78, 5) is 19.1. The first-order valence-corrected chi connectivity index (χ1v) is 12.4. The SMILES string of the molecule is Cc1cc(N)cc(N2CCCOCC2c2ccc(N3CCN(C(=O)C4CC4)CC3)cc2Cl)c1. The summed E-state index contributed by atoms with van der Waals surface area (Å²) in [6, 6.07) is 12.6. The molecule has 5 rings (SSSR count). The average molecular weight is 469 g/mol. The third kappa shape index (κ3) is 4.92. The van der Waals surface area contributed by atoms with Crippen LogP contribution >= 0.6 is 11.6 Å². The predicted molar refractivity (Wildman–Crippen MR) is 134 cm³/mol. The van der Waals surface area contributed by atoms with E-state index >= 15 is 0 Å². The lowest BCUT2D eigenvalue weighted by molar-refractivity contribution is -0.132. The molecule has 2 aliphatic heterocycles. The smallest absolute Gasteiger partial charge is 0.225 e. The van der Waals surface area contributed by atoms with E-state index in [2.05, 4.69) is 41.0 Å². The summed E-state index contributed by atoms with van der Waals surface area (Å²) in [7, 11) is 0. The van der Waals surface area contributed by atoms with Crippen LogP contribution in [-0.4, -0.2) is 56.7 Å². The molecule has 2 heterocycles. The molecule has 176 valence electrons. The average Bonchev–Trinajstić information content (AvgIpc) is 3.65. The lowest BCUT2D eigenvalue weighted by Crippen LogP contribution is -2.49. The summed E-state index contributed by atoms with van der Waals surface area (Å²) < 4.78 is 5.95. The van der Waals surface area contributed by atoms with Crippen molar-refractivity contribution in [3.63, 3.8) is 0 Å². The number of rotatable bonds is 4. The molecule has 1 unspecified atom stereocenters. The standard InChI is InChI=1S/C26H33ClN4O2/c1-18-13-20(28)15-22(14-18)31-7-2-12-33-17-25(31)23-6-5-21(16-24(23)27)29-8-10-30(11-9-29)26(32)19-3-4-19/h5-6,13-16,19,25H,2-4,7-12,17,28H2,1H3. The number of benzene rings is 2. The number of nitrogens with two attached hydrogens (primary N) is 1. The molecule has 2 aromatic rings. The number of nitrogen functional groups attached to an aromatic ring is 1. The van der Waals surface area contributed by atoms with E-state index < -0.39 is 0 Å². The van der Waals surface area contributed by atoms with E-state index in [9.17, 15) is 4.79 Å². The Kier molecular flexibility index (Phi) is 6.39. The molecule has 1 atom stereocenters. The maximum atomic E-state index is 12.4. The monoisotopic (exact) mass is 468 g/mol. The highest BCUT2D eigenvalue weighted by Crippen LogP contribution is 2.37. The van der Waals surface area contributed by atoms with Crippen LogP contribution in [0.5, 0.6) is 0 Å². The van der Waals surface area contributed by atoms with Crippen molar-refractivity contribution in [2.45, 2.75) is 32.2 Å². The number of anilines is 3. The van der Waals surface area contributed by atoms with E-state index in [1.54, 1.807) is 0 Å². The maximum absolute atomic E-state index is 12.4. The molecule has 1 aliphatic carbocycles. The van der Waals surface area contributed by atoms with Crippen LogP contribution < -0.4 is 15.5 Å². The van der Waals surface area contributed by atoms with Crippen molar-refractivity contribution in [1.29, 1.82) is 0 Å². The Morgan fingerprint density at radius 2 is 1.82 bits per heavy atom. The van der Waals surface area contributed by atoms with Crippen molar-refractivity contribution in [2.75, 3.05) is 61.5 Å². The summed E-state index contributed by atoms with van der Waals surface area (Å²) in [6.07, 6.45) is 3.09. The van der Waals surface area contributed by atoms with Crippen LogP contribution in [0.2, 0.25) is 5.02 Å². The Morgan fingerprint density at radius 3 is 2.52 bits per heavy atom. The van der Waals surface area contributed by atoms with Gasteiger partial charge in [0.2, 0.25) is 5.91 Å². The van der Waals surface area contributed by atoms with Crippen LogP contribution in [0.4, 0.5) is 17.1 Å². The first kappa shape index (κ1) is 22.4. The molecular formula is C26H33ClN4O2. The Morgan fingerprint density at radius 1 is 1.03 bits per heavy atom. The summed E-state index contributed by atoms with van der Waals surface area (Å²) in [5.41, 5.74) is 11.4. The van der Waals surface area contributed by atoms with Gasteiger partial charge in [0.05, 0.1) is 12.6 Å². The molecule has 2 aromatic carbocycles. The fourth-order valence-corrected chi connectivity index (χ4v) is 5.36. The second-order valence-electron chi connectivity index (χ2n) is 9.53. The summed E-state index contributed by atoms with van der Waals surface area (Å²) in [6.45, 7) is 7.56. The van der Waals surface area contributed by atoms with Crippen molar-refractivity contribution >= 4 is 34.6 Å². The fourth-order valence-electron chi connectivity index (χ4n) is 5.06. The molecule has 3 aliphatic rings. The topological polar surface area (TPSA) is 62.0 Å². The van der Waals surface area contributed by atoms with Crippen LogP contribution in [0.1, 0.15) is 36.4 Å². The Balaban J connectivity index is 1.34. The number of halogens is 1. The fraction of sp³-hybridized carbons (Fsp3) is 0.500. The molecular weight excluding hydrogens is 436 g/mol. The number of hydrogen-bond acceptors (Lipinski definition) is 5. The third-order valence-corrected chi connectivity index (χ3v) is 7.31. The molecule has 3 fully saturated rings. The Hall–Kier alpha value is -2.44. The molecule has 2 saturated heterocycles. The quantitative estimate of drug-likeness (QED) is 0.679. The minimum atomic E-state index is 0.0308. The highest BCUT2D eigenvalue weighted by Gasteiger charge is 2.34. The molecule has 0 bridgehead atoms. The van der Waals surface area contributed by atoms with Gasteiger partial charge in [0, 0.05) is 67.3 Å². The van der Waals surface area contributed by atoms with E-state index in [1.165, 1.54) is 0 Å². The third-order valence-electron chi connectivity index (χ3n) is 6.98. The molecule has 6 nitrogen and oxygen atoms in total. The lowest BCUT2D eigenvalue weighted by atomic mass is 10.0. The molecule has 0 radical (unpaired) electrons. The van der Waals surface area contributed by atoms with E-state index in [0.29, 0.717) is 18.4 Å². The zero-order valence-electron chi connectivity index (χ0n) is 19.3. The number of ether oxygens (including phenoxy) is 1. The van der Waals surface area contributed by atoms with Gasteiger partial charge in [-0.25, -0.2) is 0 Å². The van der Waals surface area contributed by atoms with Crippen molar-refractivity contribution in [2.24, 2.45) is 5.92 Å². The van der Waals surface area contributed by atoms with Gasteiger partial charge in [0.15, 0.2) is 0 Å². The summed E-state index contributed by atoms with van der Waals surface area (Å²) >= 11 is 6.88. The molecule has 1 saturated carbocycles.